The smallest absolute Gasteiger partial charge is 0.407 e. The molecule has 0 unspecified atom stereocenters. The number of hydrogen-bond acceptors (Lipinski definition) is 4. The molecule has 0 rings (SSSR count). The predicted molar refractivity (Wildman–Crippen MR) is 69.3 cm³/mol. The topological polar surface area (TPSA) is 64.6 Å². The second-order valence-corrected chi connectivity index (χ2v) is 5.04. The van der Waals surface area contributed by atoms with Crippen molar-refractivity contribution in [3.05, 3.63) is 0 Å². The fraction of sp³-hybridized carbons (Fsp3) is 0.846. The van der Waals surface area contributed by atoms with Crippen molar-refractivity contribution in [1.82, 2.24) is 5.32 Å². The Bertz CT molecular complexity index is 258. The molecule has 0 aromatic carbocycles. The Hall–Kier alpha value is -1.26. The van der Waals surface area contributed by atoms with E-state index in [0.717, 1.165) is 19.3 Å². The number of rotatable bonds is 7. The molecule has 0 atom stereocenters. The zero-order chi connectivity index (χ0) is 14.0. The average molecular weight is 259 g/mol. The van der Waals surface area contributed by atoms with E-state index in [1.54, 1.807) is 6.92 Å². The van der Waals surface area contributed by atoms with Crippen molar-refractivity contribution in [2.75, 3.05) is 13.2 Å². The van der Waals surface area contributed by atoms with Gasteiger partial charge in [-0.3, -0.25) is 4.79 Å². The molecule has 0 saturated carbocycles. The van der Waals surface area contributed by atoms with Gasteiger partial charge in [-0.25, -0.2) is 4.79 Å². The molecule has 0 aromatic heterocycles. The zero-order valence-electron chi connectivity index (χ0n) is 11.9. The highest BCUT2D eigenvalue weighted by Crippen LogP contribution is 2.06. The van der Waals surface area contributed by atoms with Gasteiger partial charge in [0.2, 0.25) is 0 Å². The minimum atomic E-state index is -0.464. The molecule has 0 spiro atoms. The number of nitrogens with one attached hydrogen (secondary N) is 1. The molecule has 0 radical (unpaired) electrons. The summed E-state index contributed by atoms with van der Waals surface area (Å²) in [4.78, 5) is 22.3. The van der Waals surface area contributed by atoms with Crippen molar-refractivity contribution in [1.29, 1.82) is 0 Å². The van der Waals surface area contributed by atoms with Crippen LogP contribution in [0.5, 0.6) is 0 Å². The van der Waals surface area contributed by atoms with Gasteiger partial charge in [-0.15, -0.1) is 0 Å². The van der Waals surface area contributed by atoms with Crippen molar-refractivity contribution >= 4 is 12.1 Å². The summed E-state index contributed by atoms with van der Waals surface area (Å²) in [5, 5.41) is 2.68. The Kier molecular flexibility index (Phi) is 8.16. The molecular formula is C13H25NO4. The first-order valence-corrected chi connectivity index (χ1v) is 6.47. The van der Waals surface area contributed by atoms with Gasteiger partial charge in [0, 0.05) is 13.0 Å². The summed E-state index contributed by atoms with van der Waals surface area (Å²) in [6, 6.07) is 0. The Morgan fingerprint density at radius 3 is 2.33 bits per heavy atom. The van der Waals surface area contributed by atoms with Crippen molar-refractivity contribution in [3.63, 3.8) is 0 Å². The lowest BCUT2D eigenvalue weighted by Crippen LogP contribution is -2.32. The highest BCUT2D eigenvalue weighted by atomic mass is 16.6. The summed E-state index contributed by atoms with van der Waals surface area (Å²) in [7, 11) is 0. The monoisotopic (exact) mass is 259 g/mol. The van der Waals surface area contributed by atoms with Gasteiger partial charge in [0.1, 0.15) is 5.60 Å². The molecule has 0 aliphatic carbocycles. The lowest BCUT2D eigenvalue weighted by molar-refractivity contribution is -0.143. The van der Waals surface area contributed by atoms with Crippen LogP contribution in [0.15, 0.2) is 0 Å². The van der Waals surface area contributed by atoms with E-state index in [2.05, 4.69) is 5.32 Å². The minimum absolute atomic E-state index is 0.155. The quantitative estimate of drug-likeness (QED) is 0.564. The van der Waals surface area contributed by atoms with E-state index < -0.39 is 11.7 Å². The van der Waals surface area contributed by atoms with Crippen LogP contribution in [0.4, 0.5) is 4.79 Å². The van der Waals surface area contributed by atoms with Crippen molar-refractivity contribution in [2.24, 2.45) is 0 Å². The summed E-state index contributed by atoms with van der Waals surface area (Å²) in [6.07, 6.45) is 2.55. The van der Waals surface area contributed by atoms with Gasteiger partial charge in [0.25, 0.3) is 0 Å². The molecule has 0 aromatic rings. The van der Waals surface area contributed by atoms with E-state index in [1.807, 2.05) is 20.8 Å². The molecule has 18 heavy (non-hydrogen) atoms. The Morgan fingerprint density at radius 1 is 1.11 bits per heavy atom. The summed E-state index contributed by atoms with van der Waals surface area (Å²) < 4.78 is 9.90. The molecule has 0 aliphatic heterocycles. The van der Waals surface area contributed by atoms with Gasteiger partial charge < -0.3 is 14.8 Å². The Labute approximate surface area is 109 Å². The highest BCUT2D eigenvalue weighted by Gasteiger charge is 2.15. The van der Waals surface area contributed by atoms with E-state index in [4.69, 9.17) is 9.47 Å². The van der Waals surface area contributed by atoms with Gasteiger partial charge in [-0.1, -0.05) is 6.42 Å². The maximum Gasteiger partial charge on any atom is 0.407 e. The average Bonchev–Trinajstić information content (AvgIpc) is 2.21. The van der Waals surface area contributed by atoms with Gasteiger partial charge in [0.15, 0.2) is 0 Å². The molecule has 106 valence electrons. The summed E-state index contributed by atoms with van der Waals surface area (Å²) in [6.45, 7) is 8.27. The summed E-state index contributed by atoms with van der Waals surface area (Å²) in [5.41, 5.74) is -0.464. The van der Waals surface area contributed by atoms with E-state index >= 15 is 0 Å². The minimum Gasteiger partial charge on any atom is -0.466 e. The Morgan fingerprint density at radius 2 is 1.78 bits per heavy atom. The van der Waals surface area contributed by atoms with Crippen LogP contribution in [-0.4, -0.2) is 30.8 Å². The second-order valence-electron chi connectivity index (χ2n) is 5.04. The third-order valence-electron chi connectivity index (χ3n) is 2.03. The highest BCUT2D eigenvalue weighted by molar-refractivity contribution is 5.69. The van der Waals surface area contributed by atoms with Crippen LogP contribution in [0, 0.1) is 0 Å². The fourth-order valence-corrected chi connectivity index (χ4v) is 1.31. The first-order valence-electron chi connectivity index (χ1n) is 6.47. The van der Waals surface area contributed by atoms with Crippen LogP contribution in [-0.2, 0) is 14.3 Å². The molecule has 0 aliphatic rings. The second kappa shape index (κ2) is 8.78. The third kappa shape index (κ3) is 11.2. The molecule has 0 bridgehead atoms. The first-order chi connectivity index (χ1) is 8.35. The number of carbonyl (C=O) groups excluding carboxylic acids is 2. The maximum absolute atomic E-state index is 11.3. The number of unbranched alkanes of at least 4 members (excludes halogenated alkanes) is 2. The van der Waals surface area contributed by atoms with Crippen LogP contribution < -0.4 is 5.32 Å². The standard InChI is InChI=1S/C13H25NO4/c1-5-17-11(15)9-7-6-8-10-14-12(16)18-13(2,3)4/h5-10H2,1-4H3,(H,14,16). The molecule has 0 saturated heterocycles. The van der Waals surface area contributed by atoms with E-state index in [-0.39, 0.29) is 5.97 Å². The van der Waals surface area contributed by atoms with Crippen LogP contribution in [0.1, 0.15) is 53.4 Å². The van der Waals surface area contributed by atoms with Gasteiger partial charge in [-0.2, -0.15) is 0 Å². The van der Waals surface area contributed by atoms with Crippen molar-refractivity contribution < 1.29 is 19.1 Å². The van der Waals surface area contributed by atoms with Crippen LogP contribution in [0.2, 0.25) is 0 Å². The summed E-state index contributed by atoms with van der Waals surface area (Å²) >= 11 is 0. The lowest BCUT2D eigenvalue weighted by atomic mass is 10.2. The lowest BCUT2D eigenvalue weighted by Gasteiger charge is -2.19. The summed E-state index contributed by atoms with van der Waals surface area (Å²) in [5.74, 6) is -0.155. The van der Waals surface area contributed by atoms with Gasteiger partial charge >= 0.3 is 12.1 Å². The number of amides is 1. The van der Waals surface area contributed by atoms with E-state index in [9.17, 15) is 9.59 Å². The predicted octanol–water partition coefficient (Wildman–Crippen LogP) is 2.63. The number of ether oxygens (including phenoxy) is 2. The number of alkyl carbamates (subject to hydrolysis) is 1. The Balaban J connectivity index is 3.41. The van der Waals surface area contributed by atoms with Crippen LogP contribution in [0.3, 0.4) is 0 Å². The number of carbonyl (C=O) groups is 2. The van der Waals surface area contributed by atoms with E-state index in [1.165, 1.54) is 0 Å². The van der Waals surface area contributed by atoms with Gasteiger partial charge in [0.05, 0.1) is 6.61 Å². The molecule has 1 N–H and O–H groups in total. The molecule has 1 amide bonds. The maximum atomic E-state index is 11.3. The SMILES string of the molecule is CCOC(=O)CCCCCNC(=O)OC(C)(C)C. The molecular weight excluding hydrogens is 234 g/mol. The zero-order valence-corrected chi connectivity index (χ0v) is 11.9. The van der Waals surface area contributed by atoms with Crippen molar-refractivity contribution in [2.45, 2.75) is 59.0 Å². The molecule has 5 heteroatoms. The molecule has 0 fully saturated rings. The molecule has 5 nitrogen and oxygen atoms in total. The van der Waals surface area contributed by atoms with Gasteiger partial charge in [-0.05, 0) is 40.5 Å². The number of hydrogen-bond donors (Lipinski definition) is 1. The molecule has 0 heterocycles. The third-order valence-corrected chi connectivity index (χ3v) is 2.03. The van der Waals surface area contributed by atoms with Crippen molar-refractivity contribution in [3.8, 4) is 0 Å². The fourth-order valence-electron chi connectivity index (χ4n) is 1.31. The van der Waals surface area contributed by atoms with E-state index in [0.29, 0.717) is 19.6 Å². The van der Waals surface area contributed by atoms with Crippen LogP contribution >= 0.6 is 0 Å². The normalized spacial score (nSPS) is 10.9. The number of esters is 1. The largest absolute Gasteiger partial charge is 0.466 e. The van der Waals surface area contributed by atoms with Crippen LogP contribution in [0.25, 0.3) is 0 Å². The first kappa shape index (κ1) is 16.7.